The minimum absolute atomic E-state index is 0.520. The van der Waals surface area contributed by atoms with Gasteiger partial charge in [0.1, 0.15) is 12.1 Å². The monoisotopic (exact) mass is 868 g/mol. The summed E-state index contributed by atoms with van der Waals surface area (Å²) in [5.41, 5.74) is 12.6. The van der Waals surface area contributed by atoms with Crippen molar-refractivity contribution < 1.29 is 124 Å². The van der Waals surface area contributed by atoms with Gasteiger partial charge in [-0.15, -0.1) is 0 Å². The summed E-state index contributed by atoms with van der Waals surface area (Å²) in [7, 11) is 0. The molecule has 2 atom stereocenters. The van der Waals surface area contributed by atoms with E-state index in [1.165, 1.54) is 0 Å². The van der Waals surface area contributed by atoms with Gasteiger partial charge in [-0.25, -0.2) is 14.4 Å². The van der Waals surface area contributed by atoms with E-state index in [-0.39, 0.29) is 0 Å². The first kappa shape index (κ1) is 62.1. The Bertz CT molecular complexity index is 1220. The molecule has 0 aromatic rings. The highest BCUT2D eigenvalue weighted by Gasteiger charge is 2.42. The summed E-state index contributed by atoms with van der Waals surface area (Å²) in [4.78, 5) is 112. The molecule has 0 bridgehead atoms. The van der Waals surface area contributed by atoms with Crippen molar-refractivity contribution in [3.05, 3.63) is 0 Å². The lowest BCUT2D eigenvalue weighted by molar-refractivity contribution is -0.170. The van der Waals surface area contributed by atoms with Crippen LogP contribution in [0.5, 0.6) is 0 Å². The third-order valence-corrected chi connectivity index (χ3v) is 6.43. The fourth-order valence-corrected chi connectivity index (χ4v) is 3.41. The molecular weight excluding hydrogens is 816 g/mol. The lowest BCUT2D eigenvalue weighted by Gasteiger charge is -2.18. The average molecular weight is 869 g/mol. The molecule has 0 heterocycles. The summed E-state index contributed by atoms with van der Waals surface area (Å²) in [6.07, 6.45) is -2.54. The highest BCUT2D eigenvalue weighted by molar-refractivity contribution is 5.89. The summed E-state index contributed by atoms with van der Waals surface area (Å²) in [6.45, 7) is 1.21. The molecule has 0 radical (unpaired) electrons. The molecule has 22 N–H and O–H groups in total. The van der Waals surface area contributed by atoms with Crippen molar-refractivity contribution in [1.82, 2.24) is 0 Å². The SMILES string of the molecule is NCCCC[C@H](N)C(=O)O.NCCCC[C@H](N)C(=O)O.O=C(O)CC(O)(CC(=O)O)C(=O)O.O=C(O)CC(O)(CC(=O)O)C(=O)O.O=C(O)CC(O)(CC(=O)O)C(=O)O. The number of unbranched alkanes of at least 4 members (excludes halogenated alkanes) is 2. The van der Waals surface area contributed by atoms with E-state index >= 15 is 0 Å². The zero-order valence-corrected chi connectivity index (χ0v) is 31.1. The van der Waals surface area contributed by atoms with Gasteiger partial charge in [0.25, 0.3) is 0 Å². The van der Waals surface area contributed by atoms with E-state index in [4.69, 9.17) is 94.4 Å². The molecule has 29 heteroatoms. The fourth-order valence-electron chi connectivity index (χ4n) is 3.41. The number of hydrogen-bond donors (Lipinski definition) is 18. The molecule has 0 saturated heterocycles. The van der Waals surface area contributed by atoms with Crippen LogP contribution in [-0.4, -0.2) is 179 Å². The van der Waals surface area contributed by atoms with Crippen LogP contribution in [0.1, 0.15) is 77.0 Å². The van der Waals surface area contributed by atoms with Crippen LogP contribution in [-0.2, 0) is 52.7 Å². The van der Waals surface area contributed by atoms with Crippen molar-refractivity contribution in [2.75, 3.05) is 13.1 Å². The molecule has 29 nitrogen and oxygen atoms in total. The van der Waals surface area contributed by atoms with Crippen LogP contribution in [0, 0.1) is 0 Å². The molecule has 0 aromatic heterocycles. The molecule has 0 aliphatic heterocycles. The van der Waals surface area contributed by atoms with Crippen molar-refractivity contribution >= 4 is 65.7 Å². The smallest absolute Gasteiger partial charge is 0.336 e. The lowest BCUT2D eigenvalue weighted by Crippen LogP contribution is -2.42. The Balaban J connectivity index is -0.000000207. The van der Waals surface area contributed by atoms with E-state index in [9.17, 15) is 52.7 Å². The highest BCUT2D eigenvalue weighted by Crippen LogP contribution is 2.17. The van der Waals surface area contributed by atoms with Crippen LogP contribution in [0.2, 0.25) is 0 Å². The van der Waals surface area contributed by atoms with Gasteiger partial charge in [0.05, 0.1) is 38.5 Å². The molecule has 0 saturated carbocycles. The van der Waals surface area contributed by atoms with Crippen molar-refractivity contribution in [3.8, 4) is 0 Å². The largest absolute Gasteiger partial charge is 0.481 e. The highest BCUT2D eigenvalue weighted by atomic mass is 16.4. The molecule has 0 aliphatic carbocycles. The van der Waals surface area contributed by atoms with E-state index in [1.807, 2.05) is 0 Å². The number of aliphatic hydroxyl groups is 3. The van der Waals surface area contributed by atoms with E-state index in [1.54, 1.807) is 0 Å². The van der Waals surface area contributed by atoms with Crippen molar-refractivity contribution in [1.29, 1.82) is 0 Å². The number of rotatable bonds is 25. The zero-order valence-electron chi connectivity index (χ0n) is 31.1. The summed E-state index contributed by atoms with van der Waals surface area (Å²) in [6, 6.07) is -1.43. The Labute approximate surface area is 332 Å². The van der Waals surface area contributed by atoms with Gasteiger partial charge in [0.2, 0.25) is 0 Å². The summed E-state index contributed by atoms with van der Waals surface area (Å²) < 4.78 is 0. The number of carboxylic acids is 11. The molecule has 342 valence electrons. The summed E-state index contributed by atoms with van der Waals surface area (Å²) >= 11 is 0. The van der Waals surface area contributed by atoms with Gasteiger partial charge >= 0.3 is 65.7 Å². The van der Waals surface area contributed by atoms with Crippen molar-refractivity contribution in [3.63, 3.8) is 0 Å². The molecule has 0 aliphatic rings. The first-order chi connectivity index (χ1) is 26.7. The first-order valence-corrected chi connectivity index (χ1v) is 16.2. The third kappa shape index (κ3) is 36.0. The van der Waals surface area contributed by atoms with Crippen LogP contribution < -0.4 is 22.9 Å². The summed E-state index contributed by atoms with van der Waals surface area (Å²) in [5.74, 6) is -16.9. The number of carboxylic acid groups (broad SMARTS) is 11. The van der Waals surface area contributed by atoms with E-state index in [0.29, 0.717) is 25.9 Å². The molecular formula is C30H52N4O25. The van der Waals surface area contributed by atoms with Gasteiger partial charge < -0.3 is 94.4 Å². The Hall–Kier alpha value is -6.11. The molecule has 0 unspecified atom stereocenters. The standard InChI is InChI=1S/2C6H14N2O2.3C6H8O7/c2*7-4-2-1-3-5(8)6(9)10;3*7-3(8)1-6(13,5(11)12)2-4(9)10/h2*5H,1-4,7-8H2,(H,9,10);3*13H,1-2H2,(H,7,8)(H,9,10)(H,11,12)/t2*5-;;;/m00.../s1. The Morgan fingerprint density at radius 3 is 0.627 bits per heavy atom. The second kappa shape index (κ2) is 31.9. The van der Waals surface area contributed by atoms with Crippen LogP contribution in [0.15, 0.2) is 0 Å². The van der Waals surface area contributed by atoms with Gasteiger partial charge in [-0.05, 0) is 38.8 Å². The van der Waals surface area contributed by atoms with Crippen LogP contribution in [0.4, 0.5) is 0 Å². The van der Waals surface area contributed by atoms with E-state index < -0.39 is 133 Å². The van der Waals surface area contributed by atoms with Gasteiger partial charge in [0, 0.05) is 0 Å². The first-order valence-electron chi connectivity index (χ1n) is 16.2. The molecule has 0 amide bonds. The fraction of sp³-hybridized carbons (Fsp3) is 0.633. The molecule has 0 spiro atoms. The van der Waals surface area contributed by atoms with Gasteiger partial charge in [-0.2, -0.15) is 0 Å². The van der Waals surface area contributed by atoms with Gasteiger partial charge in [-0.1, -0.05) is 12.8 Å². The second-order valence-electron chi connectivity index (χ2n) is 11.9. The maximum Gasteiger partial charge on any atom is 0.336 e. The number of hydrogen-bond acceptors (Lipinski definition) is 18. The van der Waals surface area contributed by atoms with Crippen molar-refractivity contribution in [2.45, 2.75) is 106 Å². The third-order valence-electron chi connectivity index (χ3n) is 6.43. The maximum absolute atomic E-state index is 10.3. The minimum atomic E-state index is -2.74. The predicted octanol–water partition coefficient (Wildman–Crippen LogP) is -4.69. The molecule has 0 rings (SSSR count). The maximum atomic E-state index is 10.3. The van der Waals surface area contributed by atoms with Crippen LogP contribution >= 0.6 is 0 Å². The Kier molecular flexibility index (Phi) is 33.6. The van der Waals surface area contributed by atoms with Gasteiger partial charge in [-0.3, -0.25) is 38.4 Å². The number of aliphatic carboxylic acids is 11. The average Bonchev–Trinajstić information content (AvgIpc) is 3.03. The molecule has 0 aromatic carbocycles. The number of nitrogens with two attached hydrogens (primary N) is 4. The normalized spacial score (nSPS) is 11.6. The Morgan fingerprint density at radius 1 is 0.356 bits per heavy atom. The lowest BCUT2D eigenvalue weighted by atomic mass is 9.96. The second-order valence-corrected chi connectivity index (χ2v) is 11.9. The zero-order chi connectivity index (χ0) is 47.9. The predicted molar refractivity (Wildman–Crippen MR) is 188 cm³/mol. The summed E-state index contributed by atoms with van der Waals surface area (Å²) in [5, 5.41) is 118. The van der Waals surface area contributed by atoms with Gasteiger partial charge in [0.15, 0.2) is 16.8 Å². The number of carbonyl (C=O) groups is 11. The van der Waals surface area contributed by atoms with E-state index in [2.05, 4.69) is 0 Å². The van der Waals surface area contributed by atoms with Crippen LogP contribution in [0.25, 0.3) is 0 Å². The molecule has 59 heavy (non-hydrogen) atoms. The Morgan fingerprint density at radius 2 is 0.525 bits per heavy atom. The topological polar surface area (TPSA) is 575 Å². The minimum Gasteiger partial charge on any atom is -0.481 e. The quantitative estimate of drug-likeness (QED) is 0.0383. The van der Waals surface area contributed by atoms with Crippen molar-refractivity contribution in [2.24, 2.45) is 22.9 Å². The molecule has 0 fully saturated rings. The van der Waals surface area contributed by atoms with Crippen LogP contribution in [0.3, 0.4) is 0 Å². The van der Waals surface area contributed by atoms with E-state index in [0.717, 1.165) is 25.7 Å².